The number of rotatable bonds is 5. The predicted octanol–water partition coefficient (Wildman–Crippen LogP) is 3.57. The van der Waals surface area contributed by atoms with Crippen LogP contribution in [0.4, 0.5) is 34.6 Å². The third kappa shape index (κ3) is 4.18. The fraction of sp³-hybridized carbons (Fsp3) is 0.300. The van der Waals surface area contributed by atoms with Crippen LogP contribution in [0.2, 0.25) is 5.02 Å². The number of halogens is 5. The lowest BCUT2D eigenvalue weighted by Crippen LogP contribution is -2.34. The van der Waals surface area contributed by atoms with Crippen molar-refractivity contribution in [3.8, 4) is 0 Å². The predicted molar refractivity (Wildman–Crippen MR) is 120 cm³/mol. The molecule has 3 aromatic rings. The first kappa shape index (κ1) is 24.2. The van der Waals surface area contributed by atoms with Crippen molar-refractivity contribution in [2.24, 2.45) is 7.05 Å². The topological polar surface area (TPSA) is 96.3 Å². The highest BCUT2D eigenvalue weighted by Gasteiger charge is 2.39. The Labute approximate surface area is 196 Å². The lowest BCUT2D eigenvalue weighted by atomic mass is 10.1. The summed E-state index contributed by atoms with van der Waals surface area (Å²) in [6.07, 6.45) is -2.67. The standard InChI is InChI=1S/C20H18ClF4N5O3S/c1-9-13(3-4-14-16(9)20(31)29(2)8-26-14)27-19-17(21)15(5-10(22)18(19)25)28-34(32,33)30-6-11(23)12(24)7-30/h3-5,8,11-12,27-28H,6-7H2,1-2H3/t11-,12+. The van der Waals surface area contributed by atoms with Gasteiger partial charge in [0.2, 0.25) is 0 Å². The Morgan fingerprint density at radius 1 is 1.15 bits per heavy atom. The summed E-state index contributed by atoms with van der Waals surface area (Å²) in [4.78, 5) is 16.7. The molecule has 0 aliphatic carbocycles. The summed E-state index contributed by atoms with van der Waals surface area (Å²) >= 11 is 6.19. The molecule has 1 aliphatic rings. The number of aromatic nitrogens is 2. The highest BCUT2D eigenvalue weighted by molar-refractivity contribution is 7.90. The summed E-state index contributed by atoms with van der Waals surface area (Å²) in [6, 6.07) is 3.49. The molecule has 182 valence electrons. The Bertz CT molecular complexity index is 1460. The minimum atomic E-state index is -4.52. The number of anilines is 3. The molecule has 0 spiro atoms. The molecule has 0 unspecified atom stereocenters. The van der Waals surface area contributed by atoms with Gasteiger partial charge in [-0.05, 0) is 24.6 Å². The van der Waals surface area contributed by atoms with Crippen molar-refractivity contribution in [1.82, 2.24) is 13.9 Å². The van der Waals surface area contributed by atoms with Crippen molar-refractivity contribution < 1.29 is 26.0 Å². The van der Waals surface area contributed by atoms with Gasteiger partial charge in [-0.15, -0.1) is 0 Å². The van der Waals surface area contributed by atoms with Crippen LogP contribution in [0.5, 0.6) is 0 Å². The Balaban J connectivity index is 1.74. The van der Waals surface area contributed by atoms with Gasteiger partial charge in [0.25, 0.3) is 5.56 Å². The van der Waals surface area contributed by atoms with Gasteiger partial charge < -0.3 is 9.88 Å². The molecule has 14 heteroatoms. The fourth-order valence-corrected chi connectivity index (χ4v) is 5.14. The second-order valence-corrected chi connectivity index (χ2v) is 9.83. The normalized spacial score (nSPS) is 19.0. The monoisotopic (exact) mass is 519 g/mol. The third-order valence-corrected chi connectivity index (χ3v) is 7.34. The van der Waals surface area contributed by atoms with E-state index in [2.05, 4.69) is 10.3 Å². The molecule has 34 heavy (non-hydrogen) atoms. The molecular formula is C20H18ClF4N5O3S. The van der Waals surface area contributed by atoms with Crippen LogP contribution < -0.4 is 15.6 Å². The minimum absolute atomic E-state index is 0.192. The van der Waals surface area contributed by atoms with Gasteiger partial charge in [-0.2, -0.15) is 12.7 Å². The molecular weight excluding hydrogens is 502 g/mol. The van der Waals surface area contributed by atoms with Crippen molar-refractivity contribution >= 4 is 49.8 Å². The number of aryl methyl sites for hydroxylation is 2. The van der Waals surface area contributed by atoms with Gasteiger partial charge in [-0.3, -0.25) is 9.52 Å². The van der Waals surface area contributed by atoms with E-state index < -0.39 is 63.7 Å². The molecule has 2 aromatic carbocycles. The molecule has 2 atom stereocenters. The molecule has 1 aromatic heterocycles. The van der Waals surface area contributed by atoms with Crippen LogP contribution in [0.3, 0.4) is 0 Å². The van der Waals surface area contributed by atoms with E-state index in [1.165, 1.54) is 30.1 Å². The summed E-state index contributed by atoms with van der Waals surface area (Å²) in [7, 11) is -3.01. The first-order chi connectivity index (χ1) is 15.9. The van der Waals surface area contributed by atoms with E-state index in [4.69, 9.17) is 11.6 Å². The van der Waals surface area contributed by atoms with Crippen LogP contribution in [0.15, 0.2) is 29.3 Å². The van der Waals surface area contributed by atoms with E-state index in [1.54, 1.807) is 6.92 Å². The smallest absolute Gasteiger partial charge is 0.301 e. The van der Waals surface area contributed by atoms with E-state index in [-0.39, 0.29) is 16.6 Å². The van der Waals surface area contributed by atoms with E-state index >= 15 is 0 Å². The van der Waals surface area contributed by atoms with Crippen LogP contribution in [0.25, 0.3) is 10.9 Å². The average molecular weight is 520 g/mol. The summed E-state index contributed by atoms with van der Waals surface area (Å²) in [6.45, 7) is 0.0982. The van der Waals surface area contributed by atoms with Crippen LogP contribution in [0.1, 0.15) is 5.56 Å². The van der Waals surface area contributed by atoms with Crippen molar-refractivity contribution in [3.05, 3.63) is 57.1 Å². The van der Waals surface area contributed by atoms with E-state index in [0.717, 1.165) is 0 Å². The summed E-state index contributed by atoms with van der Waals surface area (Å²) in [5.74, 6) is -2.84. The van der Waals surface area contributed by atoms with E-state index in [1.807, 2.05) is 4.72 Å². The highest BCUT2D eigenvalue weighted by Crippen LogP contribution is 2.38. The van der Waals surface area contributed by atoms with Crippen LogP contribution in [-0.4, -0.2) is 47.7 Å². The number of hydrogen-bond donors (Lipinski definition) is 2. The van der Waals surface area contributed by atoms with Crippen LogP contribution in [-0.2, 0) is 17.3 Å². The van der Waals surface area contributed by atoms with Gasteiger partial charge in [0.1, 0.15) is 12.3 Å². The maximum absolute atomic E-state index is 14.7. The summed E-state index contributed by atoms with van der Waals surface area (Å²) in [5, 5.41) is 2.31. The van der Waals surface area contributed by atoms with Gasteiger partial charge in [-0.1, -0.05) is 11.6 Å². The highest BCUT2D eigenvalue weighted by atomic mass is 35.5. The first-order valence-electron chi connectivity index (χ1n) is 9.86. The van der Waals surface area contributed by atoms with Gasteiger partial charge in [0.15, 0.2) is 11.6 Å². The third-order valence-electron chi connectivity index (χ3n) is 5.49. The number of benzene rings is 2. The van der Waals surface area contributed by atoms with Gasteiger partial charge in [-0.25, -0.2) is 22.5 Å². The lowest BCUT2D eigenvalue weighted by Gasteiger charge is -2.20. The number of alkyl halides is 2. The maximum atomic E-state index is 14.7. The van der Waals surface area contributed by atoms with Gasteiger partial charge in [0.05, 0.1) is 33.6 Å². The van der Waals surface area contributed by atoms with E-state index in [0.29, 0.717) is 21.5 Å². The number of nitrogens with one attached hydrogen (secondary N) is 2. The summed E-state index contributed by atoms with van der Waals surface area (Å²) < 4.78 is 84.7. The Kier molecular flexibility index (Phi) is 6.21. The molecule has 4 rings (SSSR count). The van der Waals surface area contributed by atoms with Gasteiger partial charge in [0, 0.05) is 31.9 Å². The maximum Gasteiger partial charge on any atom is 0.301 e. The molecule has 0 amide bonds. The van der Waals surface area contributed by atoms with Crippen molar-refractivity contribution in [2.45, 2.75) is 19.3 Å². The molecule has 1 fully saturated rings. The quantitative estimate of drug-likeness (QED) is 0.397. The molecule has 2 heterocycles. The summed E-state index contributed by atoms with van der Waals surface area (Å²) in [5.41, 5.74) is -0.569. The molecule has 0 radical (unpaired) electrons. The van der Waals surface area contributed by atoms with Gasteiger partial charge >= 0.3 is 10.2 Å². The van der Waals surface area contributed by atoms with Crippen molar-refractivity contribution in [1.29, 1.82) is 0 Å². The average Bonchev–Trinajstić information content (AvgIpc) is 3.12. The first-order valence-corrected chi connectivity index (χ1v) is 11.7. The van der Waals surface area contributed by atoms with Crippen LogP contribution in [0, 0.1) is 18.6 Å². The number of fused-ring (bicyclic) bond motifs is 1. The van der Waals surface area contributed by atoms with E-state index in [9.17, 15) is 30.8 Å². The van der Waals surface area contributed by atoms with Crippen molar-refractivity contribution in [3.63, 3.8) is 0 Å². The molecule has 1 saturated heterocycles. The molecule has 8 nitrogen and oxygen atoms in total. The fourth-order valence-electron chi connectivity index (χ4n) is 3.60. The minimum Gasteiger partial charge on any atom is -0.352 e. The largest absolute Gasteiger partial charge is 0.352 e. The molecule has 0 saturated carbocycles. The van der Waals surface area contributed by atoms with Crippen LogP contribution >= 0.6 is 11.6 Å². The number of hydrogen-bond acceptors (Lipinski definition) is 5. The zero-order valence-corrected chi connectivity index (χ0v) is 19.3. The second kappa shape index (κ2) is 8.71. The Morgan fingerprint density at radius 3 is 2.44 bits per heavy atom. The zero-order valence-electron chi connectivity index (χ0n) is 17.7. The Hall–Kier alpha value is -2.90. The Morgan fingerprint density at radius 2 is 1.79 bits per heavy atom. The molecule has 1 aliphatic heterocycles. The number of nitrogens with zero attached hydrogens (tertiary/aromatic N) is 3. The van der Waals surface area contributed by atoms with Crippen molar-refractivity contribution in [2.75, 3.05) is 23.1 Å². The lowest BCUT2D eigenvalue weighted by molar-refractivity contribution is 0.217. The second-order valence-electron chi connectivity index (χ2n) is 7.78. The zero-order chi connectivity index (χ0) is 24.9. The molecule has 2 N–H and O–H groups in total. The SMILES string of the molecule is Cc1c(Nc2c(F)c(F)cc(NS(=O)(=O)N3C[C@@H](F)[C@@H](F)C3)c2Cl)ccc2ncn(C)c(=O)c12. The molecule has 0 bridgehead atoms.